The molecule has 1 unspecified atom stereocenters. The second-order valence-electron chi connectivity index (χ2n) is 8.23. The number of benzene rings is 2. The Morgan fingerprint density at radius 2 is 1.84 bits per heavy atom. The molecule has 32 heavy (non-hydrogen) atoms. The van der Waals surface area contributed by atoms with Crippen molar-refractivity contribution in [1.82, 2.24) is 19.1 Å². The fraction of sp³-hybridized carbons (Fsp3) is 0.160. The van der Waals surface area contributed by atoms with Gasteiger partial charge in [-0.25, -0.2) is 9.97 Å². The van der Waals surface area contributed by atoms with Crippen molar-refractivity contribution in [2.24, 2.45) is 7.05 Å². The summed E-state index contributed by atoms with van der Waals surface area (Å²) in [5.41, 5.74) is 10.9. The summed E-state index contributed by atoms with van der Waals surface area (Å²) < 4.78 is 4.05. The van der Waals surface area contributed by atoms with Crippen molar-refractivity contribution in [3.8, 4) is 11.1 Å². The van der Waals surface area contributed by atoms with Gasteiger partial charge in [-0.3, -0.25) is 4.79 Å². The van der Waals surface area contributed by atoms with Crippen LogP contribution in [0.25, 0.3) is 33.1 Å². The number of nitrogen functional groups attached to an aromatic ring is 1. The molecule has 7 heteroatoms. The zero-order chi connectivity index (χ0) is 21.8. The van der Waals surface area contributed by atoms with Gasteiger partial charge in [0.05, 0.1) is 5.39 Å². The first-order valence-electron chi connectivity index (χ1n) is 10.6. The third kappa shape index (κ3) is 2.71. The fourth-order valence-corrected chi connectivity index (χ4v) is 4.83. The van der Waals surface area contributed by atoms with Gasteiger partial charge in [-0.1, -0.05) is 30.3 Å². The molecule has 0 radical (unpaired) electrons. The molecule has 0 spiro atoms. The number of aromatic nitrogens is 4. The number of aryl methyl sites for hydroxylation is 1. The van der Waals surface area contributed by atoms with Crippen LogP contribution >= 0.6 is 0 Å². The van der Waals surface area contributed by atoms with Crippen LogP contribution in [-0.4, -0.2) is 31.6 Å². The topological polar surface area (TPSA) is 82.0 Å². The number of hydrogen-bond donors (Lipinski definition) is 1. The summed E-state index contributed by atoms with van der Waals surface area (Å²) in [5.74, 6) is 0.591. The number of amides is 1. The number of carbonyl (C=O) groups is 1. The van der Waals surface area contributed by atoms with Gasteiger partial charge in [-0.15, -0.1) is 0 Å². The number of anilines is 2. The van der Waals surface area contributed by atoms with E-state index in [9.17, 15) is 4.79 Å². The maximum Gasteiger partial charge on any atom is 0.250 e. The average molecular weight is 422 g/mol. The molecule has 5 aromatic rings. The van der Waals surface area contributed by atoms with Crippen molar-refractivity contribution >= 4 is 39.3 Å². The minimum atomic E-state index is -0.176. The summed E-state index contributed by atoms with van der Waals surface area (Å²) in [4.78, 5) is 23.7. The fourth-order valence-electron chi connectivity index (χ4n) is 4.83. The Labute approximate surface area is 184 Å². The van der Waals surface area contributed by atoms with E-state index >= 15 is 0 Å². The standard InChI is InChI=1S/C25H22N6O/c1-29-14-19(22-23(26)27-15-28-24(22)29)16-6-8-18(9-7-16)30-13-11-21(25(30)32)31-12-10-17-4-2-3-5-20(17)31/h2-10,12,14-15,21H,11,13H2,1H3,(H2,26,27,28). The van der Waals surface area contributed by atoms with Crippen LogP contribution in [0.1, 0.15) is 12.5 Å². The Hall–Kier alpha value is -4.13. The first kappa shape index (κ1) is 18.6. The minimum absolute atomic E-state index is 0.127. The van der Waals surface area contributed by atoms with Crippen LogP contribution < -0.4 is 10.6 Å². The van der Waals surface area contributed by atoms with Crippen LogP contribution in [0.15, 0.2) is 73.3 Å². The van der Waals surface area contributed by atoms with Gasteiger partial charge in [-0.2, -0.15) is 0 Å². The van der Waals surface area contributed by atoms with Crippen molar-refractivity contribution < 1.29 is 4.79 Å². The van der Waals surface area contributed by atoms with Crippen LogP contribution in [0.5, 0.6) is 0 Å². The van der Waals surface area contributed by atoms with Crippen LogP contribution in [0.3, 0.4) is 0 Å². The quantitative estimate of drug-likeness (QED) is 0.474. The number of hydrogen-bond acceptors (Lipinski definition) is 4. The molecule has 2 N–H and O–H groups in total. The third-order valence-electron chi connectivity index (χ3n) is 6.42. The van der Waals surface area contributed by atoms with Gasteiger partial charge in [0.25, 0.3) is 0 Å². The number of fused-ring (bicyclic) bond motifs is 2. The molecule has 158 valence electrons. The molecule has 1 saturated heterocycles. The summed E-state index contributed by atoms with van der Waals surface area (Å²) in [5, 5.41) is 2.00. The van der Waals surface area contributed by atoms with Crippen LogP contribution in [0.4, 0.5) is 11.5 Å². The Kier molecular flexibility index (Phi) is 4.04. The monoisotopic (exact) mass is 422 g/mol. The molecular formula is C25H22N6O. The molecule has 3 aromatic heterocycles. The van der Waals surface area contributed by atoms with E-state index in [1.165, 1.54) is 6.33 Å². The second-order valence-corrected chi connectivity index (χ2v) is 8.23. The Balaban J connectivity index is 1.31. The third-order valence-corrected chi connectivity index (χ3v) is 6.42. The molecule has 2 aromatic carbocycles. The lowest BCUT2D eigenvalue weighted by atomic mass is 10.1. The molecule has 4 heterocycles. The highest BCUT2D eigenvalue weighted by molar-refractivity contribution is 6.02. The highest BCUT2D eigenvalue weighted by atomic mass is 16.2. The first-order chi connectivity index (χ1) is 15.6. The SMILES string of the molecule is Cn1cc(-c2ccc(N3CCC(n4ccc5ccccc54)C3=O)cc2)c2c(N)ncnc21. The van der Waals surface area contributed by atoms with Crippen LogP contribution in [0.2, 0.25) is 0 Å². The summed E-state index contributed by atoms with van der Waals surface area (Å²) in [6, 6.07) is 18.1. The van der Waals surface area contributed by atoms with Gasteiger partial charge < -0.3 is 19.8 Å². The lowest BCUT2D eigenvalue weighted by Crippen LogP contribution is -2.28. The van der Waals surface area contributed by atoms with Crippen molar-refractivity contribution in [2.75, 3.05) is 17.2 Å². The van der Waals surface area contributed by atoms with E-state index in [2.05, 4.69) is 32.7 Å². The van der Waals surface area contributed by atoms with Crippen molar-refractivity contribution in [1.29, 1.82) is 0 Å². The summed E-state index contributed by atoms with van der Waals surface area (Å²) in [6.07, 6.45) is 6.30. The van der Waals surface area contributed by atoms with Gasteiger partial charge in [0.1, 0.15) is 23.8 Å². The molecule has 1 aliphatic heterocycles. The molecule has 7 nitrogen and oxygen atoms in total. The van der Waals surface area contributed by atoms with Gasteiger partial charge >= 0.3 is 0 Å². The maximum absolute atomic E-state index is 13.3. The molecule has 6 rings (SSSR count). The lowest BCUT2D eigenvalue weighted by molar-refractivity contribution is -0.119. The van der Waals surface area contributed by atoms with Crippen LogP contribution in [-0.2, 0) is 11.8 Å². The molecule has 1 fully saturated rings. The molecule has 0 aliphatic carbocycles. The number of rotatable bonds is 3. The van der Waals surface area contributed by atoms with E-state index < -0.39 is 0 Å². The molecule has 1 amide bonds. The number of nitrogens with zero attached hydrogens (tertiary/aromatic N) is 5. The number of carbonyl (C=O) groups excluding carboxylic acids is 1. The minimum Gasteiger partial charge on any atom is -0.383 e. The van der Waals surface area contributed by atoms with E-state index in [1.807, 2.05) is 65.3 Å². The molecule has 1 aliphatic rings. The maximum atomic E-state index is 13.3. The van der Waals surface area contributed by atoms with E-state index in [-0.39, 0.29) is 11.9 Å². The van der Waals surface area contributed by atoms with E-state index in [0.29, 0.717) is 12.4 Å². The first-order valence-corrected chi connectivity index (χ1v) is 10.6. The van der Waals surface area contributed by atoms with Crippen molar-refractivity contribution in [2.45, 2.75) is 12.5 Å². The highest BCUT2D eigenvalue weighted by Gasteiger charge is 2.34. The number of nitrogens with two attached hydrogens (primary N) is 1. The van der Waals surface area contributed by atoms with Crippen molar-refractivity contribution in [3.05, 3.63) is 73.3 Å². The Bertz CT molecular complexity index is 1480. The highest BCUT2D eigenvalue weighted by Crippen LogP contribution is 2.35. The molecule has 0 bridgehead atoms. The largest absolute Gasteiger partial charge is 0.383 e. The lowest BCUT2D eigenvalue weighted by Gasteiger charge is -2.18. The van der Waals surface area contributed by atoms with Gasteiger partial charge in [-0.05, 0) is 41.6 Å². The predicted molar refractivity (Wildman–Crippen MR) is 126 cm³/mol. The van der Waals surface area contributed by atoms with E-state index in [0.717, 1.165) is 45.2 Å². The van der Waals surface area contributed by atoms with E-state index in [4.69, 9.17) is 5.73 Å². The molecule has 1 atom stereocenters. The van der Waals surface area contributed by atoms with Gasteiger partial charge in [0, 0.05) is 42.8 Å². The molecular weight excluding hydrogens is 400 g/mol. The zero-order valence-corrected chi connectivity index (χ0v) is 17.6. The second kappa shape index (κ2) is 6.95. The van der Waals surface area contributed by atoms with Gasteiger partial charge in [0.15, 0.2) is 0 Å². The van der Waals surface area contributed by atoms with Crippen LogP contribution in [0, 0.1) is 0 Å². The van der Waals surface area contributed by atoms with Gasteiger partial charge in [0.2, 0.25) is 5.91 Å². The van der Waals surface area contributed by atoms with E-state index in [1.54, 1.807) is 0 Å². The summed E-state index contributed by atoms with van der Waals surface area (Å²) >= 11 is 0. The summed E-state index contributed by atoms with van der Waals surface area (Å²) in [6.45, 7) is 0.699. The Morgan fingerprint density at radius 3 is 2.69 bits per heavy atom. The smallest absolute Gasteiger partial charge is 0.250 e. The predicted octanol–water partition coefficient (Wildman–Crippen LogP) is 4.15. The number of para-hydroxylation sites is 1. The zero-order valence-electron chi connectivity index (χ0n) is 17.6. The average Bonchev–Trinajstić information content (AvgIpc) is 3.50. The summed E-state index contributed by atoms with van der Waals surface area (Å²) in [7, 11) is 1.95. The Morgan fingerprint density at radius 1 is 1.03 bits per heavy atom. The normalized spacial score (nSPS) is 16.5. The van der Waals surface area contributed by atoms with Crippen molar-refractivity contribution in [3.63, 3.8) is 0 Å². The molecule has 0 saturated carbocycles.